The third kappa shape index (κ3) is 3.97. The van der Waals surface area contributed by atoms with Gasteiger partial charge in [0.1, 0.15) is 5.82 Å². The van der Waals surface area contributed by atoms with Crippen molar-refractivity contribution >= 4 is 10.9 Å². The van der Waals surface area contributed by atoms with Crippen molar-refractivity contribution < 1.29 is 9.50 Å². The first-order valence-corrected chi connectivity index (χ1v) is 9.99. The molecule has 0 bridgehead atoms. The topological polar surface area (TPSA) is 31.6 Å². The van der Waals surface area contributed by atoms with E-state index in [1.807, 2.05) is 12.1 Å². The zero-order chi connectivity index (χ0) is 19.5. The summed E-state index contributed by atoms with van der Waals surface area (Å²) in [5.74, 6) is -0.150. The monoisotopic (exact) mass is 381 g/mol. The molecular weight excluding hydrogens is 353 g/mol. The van der Waals surface area contributed by atoms with Crippen LogP contribution >= 0.6 is 0 Å². The average Bonchev–Trinajstić information content (AvgIpc) is 3.02. The van der Waals surface area contributed by atoms with Gasteiger partial charge >= 0.3 is 0 Å². The fourth-order valence-corrected chi connectivity index (χ4v) is 4.37. The predicted octanol–water partition coefficient (Wildman–Crippen LogP) is 3.39. The van der Waals surface area contributed by atoms with Crippen molar-refractivity contribution in [2.75, 3.05) is 26.2 Å². The van der Waals surface area contributed by atoms with E-state index in [1.54, 1.807) is 6.07 Å². The Hall–Kier alpha value is -2.21. The van der Waals surface area contributed by atoms with Gasteiger partial charge in [0.25, 0.3) is 0 Å². The number of aliphatic hydroxyl groups is 1. The Morgan fingerprint density at radius 1 is 1.00 bits per heavy atom. The number of nitrogens with zero attached hydrogens (tertiary/aromatic N) is 3. The van der Waals surface area contributed by atoms with Crippen molar-refractivity contribution in [3.63, 3.8) is 0 Å². The van der Waals surface area contributed by atoms with Gasteiger partial charge in [-0.25, -0.2) is 4.39 Å². The van der Waals surface area contributed by atoms with Crippen LogP contribution in [-0.4, -0.2) is 51.8 Å². The van der Waals surface area contributed by atoms with Crippen molar-refractivity contribution in [2.24, 2.45) is 7.05 Å². The van der Waals surface area contributed by atoms with E-state index in [9.17, 15) is 9.50 Å². The molecule has 28 heavy (non-hydrogen) atoms. The highest BCUT2D eigenvalue weighted by Gasteiger charge is 2.27. The second kappa shape index (κ2) is 8.43. The molecule has 0 aliphatic carbocycles. The summed E-state index contributed by atoms with van der Waals surface area (Å²) in [5, 5.41) is 10.9. The lowest BCUT2D eigenvalue weighted by Crippen LogP contribution is -2.52. The third-order valence-corrected chi connectivity index (χ3v) is 5.86. The molecule has 4 rings (SSSR count). The molecule has 2 aromatic carbocycles. The summed E-state index contributed by atoms with van der Waals surface area (Å²) in [7, 11) is 2.09. The highest BCUT2D eigenvalue weighted by molar-refractivity contribution is 5.83. The Kier molecular flexibility index (Phi) is 5.76. The Morgan fingerprint density at radius 2 is 1.79 bits per heavy atom. The minimum Gasteiger partial charge on any atom is -0.396 e. The molecule has 0 spiro atoms. The van der Waals surface area contributed by atoms with Crippen LogP contribution in [0.3, 0.4) is 0 Å². The average molecular weight is 381 g/mol. The predicted molar refractivity (Wildman–Crippen MR) is 110 cm³/mol. The van der Waals surface area contributed by atoms with Crippen molar-refractivity contribution in [1.82, 2.24) is 14.4 Å². The van der Waals surface area contributed by atoms with Crippen LogP contribution in [0.4, 0.5) is 4.39 Å². The Balaban J connectivity index is 1.47. The number of fused-ring (bicyclic) bond motifs is 1. The van der Waals surface area contributed by atoms with Gasteiger partial charge in [0.2, 0.25) is 0 Å². The number of piperazine rings is 1. The smallest absolute Gasteiger partial charge is 0.127 e. The molecule has 1 aliphatic heterocycles. The van der Waals surface area contributed by atoms with E-state index >= 15 is 0 Å². The molecule has 5 heteroatoms. The Morgan fingerprint density at radius 3 is 2.61 bits per heavy atom. The van der Waals surface area contributed by atoms with E-state index in [1.165, 1.54) is 22.5 Å². The van der Waals surface area contributed by atoms with Crippen LogP contribution in [0.25, 0.3) is 10.9 Å². The first-order chi connectivity index (χ1) is 13.7. The molecule has 0 radical (unpaired) electrons. The lowest BCUT2D eigenvalue weighted by molar-refractivity contribution is 0.0495. The maximum Gasteiger partial charge on any atom is 0.127 e. The van der Waals surface area contributed by atoms with Gasteiger partial charge in [-0.3, -0.25) is 9.80 Å². The van der Waals surface area contributed by atoms with Crippen molar-refractivity contribution in [3.05, 3.63) is 71.7 Å². The van der Waals surface area contributed by atoms with E-state index in [4.69, 9.17) is 0 Å². The van der Waals surface area contributed by atoms with Crippen LogP contribution in [0.5, 0.6) is 0 Å². The number of para-hydroxylation sites is 1. The maximum atomic E-state index is 14.1. The summed E-state index contributed by atoms with van der Waals surface area (Å²) in [4.78, 5) is 4.77. The molecule has 2 heterocycles. The maximum absolute atomic E-state index is 14.1. The summed E-state index contributed by atoms with van der Waals surface area (Å²) in [5.41, 5.74) is 3.32. The minimum atomic E-state index is -0.150. The Labute approximate surface area is 165 Å². The SMILES string of the molecule is Cn1cc(CN2CCN(Cc3ccccc3F)[C@@H](CCO)C2)c2ccccc21. The van der Waals surface area contributed by atoms with E-state index in [0.29, 0.717) is 13.0 Å². The first-order valence-electron chi connectivity index (χ1n) is 9.99. The third-order valence-electron chi connectivity index (χ3n) is 5.86. The lowest BCUT2D eigenvalue weighted by Gasteiger charge is -2.41. The summed E-state index contributed by atoms with van der Waals surface area (Å²) in [6.07, 6.45) is 2.93. The fraction of sp³-hybridized carbons (Fsp3) is 0.391. The number of aryl methyl sites for hydroxylation is 1. The van der Waals surface area contributed by atoms with Crippen molar-refractivity contribution in [2.45, 2.75) is 25.6 Å². The van der Waals surface area contributed by atoms with Gasteiger partial charge in [-0.2, -0.15) is 0 Å². The largest absolute Gasteiger partial charge is 0.396 e. The molecule has 1 fully saturated rings. The van der Waals surface area contributed by atoms with Gasteiger partial charge in [0.15, 0.2) is 0 Å². The molecule has 1 aliphatic rings. The molecular formula is C23H28FN3O. The summed E-state index contributed by atoms with van der Waals surface area (Å²) < 4.78 is 16.3. The van der Waals surface area contributed by atoms with Gasteiger partial charge in [-0.15, -0.1) is 0 Å². The summed E-state index contributed by atoms with van der Waals surface area (Å²) in [6.45, 7) is 4.36. The lowest BCUT2D eigenvalue weighted by atomic mass is 10.1. The van der Waals surface area contributed by atoms with Gasteiger partial charge in [-0.05, 0) is 24.1 Å². The zero-order valence-electron chi connectivity index (χ0n) is 16.4. The molecule has 148 valence electrons. The highest BCUT2D eigenvalue weighted by atomic mass is 19.1. The second-order valence-corrected chi connectivity index (χ2v) is 7.75. The van der Waals surface area contributed by atoms with E-state index in [-0.39, 0.29) is 18.5 Å². The quantitative estimate of drug-likeness (QED) is 0.710. The highest BCUT2D eigenvalue weighted by Crippen LogP contribution is 2.24. The second-order valence-electron chi connectivity index (χ2n) is 7.75. The number of halogens is 1. The minimum absolute atomic E-state index is 0.150. The number of rotatable bonds is 6. The zero-order valence-corrected chi connectivity index (χ0v) is 16.4. The molecule has 1 saturated heterocycles. The number of benzene rings is 2. The van der Waals surface area contributed by atoms with E-state index in [0.717, 1.165) is 31.7 Å². The molecule has 4 nitrogen and oxygen atoms in total. The number of aromatic nitrogens is 1. The van der Waals surface area contributed by atoms with Gasteiger partial charge < -0.3 is 9.67 Å². The number of hydrogen-bond acceptors (Lipinski definition) is 3. The summed E-state index contributed by atoms with van der Waals surface area (Å²) >= 11 is 0. The van der Waals surface area contributed by atoms with Crippen LogP contribution < -0.4 is 0 Å². The van der Waals surface area contributed by atoms with Crippen LogP contribution in [-0.2, 0) is 20.1 Å². The Bertz CT molecular complexity index is 938. The van der Waals surface area contributed by atoms with E-state index < -0.39 is 0 Å². The molecule has 0 unspecified atom stereocenters. The van der Waals surface area contributed by atoms with Gasteiger partial charge in [0.05, 0.1) is 0 Å². The van der Waals surface area contributed by atoms with Crippen LogP contribution in [0.15, 0.2) is 54.7 Å². The van der Waals surface area contributed by atoms with Crippen LogP contribution in [0, 0.1) is 5.82 Å². The number of aliphatic hydroxyl groups excluding tert-OH is 1. The molecule has 0 amide bonds. The number of hydrogen-bond donors (Lipinski definition) is 1. The molecule has 0 saturated carbocycles. The molecule has 1 N–H and O–H groups in total. The van der Waals surface area contributed by atoms with Gasteiger partial charge in [0, 0.05) is 75.1 Å². The first kappa shape index (κ1) is 19.1. The molecule has 1 aromatic heterocycles. The van der Waals surface area contributed by atoms with Crippen molar-refractivity contribution in [3.8, 4) is 0 Å². The van der Waals surface area contributed by atoms with Crippen LogP contribution in [0.2, 0.25) is 0 Å². The fourth-order valence-electron chi connectivity index (χ4n) is 4.37. The molecule has 3 aromatic rings. The standard InChI is InChI=1S/C23H28FN3O/c1-25-14-19(21-7-3-5-9-23(21)25)15-26-11-12-27(20(17-26)10-13-28)16-18-6-2-4-8-22(18)24/h2-9,14,20,28H,10-13,15-17H2,1H3/t20-/m0/s1. The van der Waals surface area contributed by atoms with E-state index in [2.05, 4.69) is 51.9 Å². The summed E-state index contributed by atoms with van der Waals surface area (Å²) in [6, 6.07) is 15.7. The normalized spacial score (nSPS) is 18.8. The van der Waals surface area contributed by atoms with Gasteiger partial charge in [-0.1, -0.05) is 36.4 Å². The van der Waals surface area contributed by atoms with Crippen LogP contribution in [0.1, 0.15) is 17.5 Å². The van der Waals surface area contributed by atoms with Crippen molar-refractivity contribution in [1.29, 1.82) is 0 Å². The molecule has 1 atom stereocenters.